The zero-order valence-electron chi connectivity index (χ0n) is 10.7. The minimum Gasteiger partial charge on any atom is -0.479 e. The maximum absolute atomic E-state index is 11.5. The highest BCUT2D eigenvalue weighted by atomic mass is 16.6. The molecule has 0 aromatic heterocycles. The van der Waals surface area contributed by atoms with Crippen LogP contribution in [0.15, 0.2) is 0 Å². The number of aliphatic hydroxyl groups excluding tert-OH is 1. The number of amides is 1. The van der Waals surface area contributed by atoms with Gasteiger partial charge in [0.15, 0.2) is 6.10 Å². The standard InChI is InChI=1S/C11H19NO6/c1-11(2,3)18-10(16)12-6-5-17-8(9(14)15)4-7(6)13/h6-8,13H,4-5H2,1-3H3,(H,12,16)(H,14,15). The molecule has 0 aliphatic carbocycles. The van der Waals surface area contributed by atoms with Crippen molar-refractivity contribution >= 4 is 12.1 Å². The summed E-state index contributed by atoms with van der Waals surface area (Å²) in [4.78, 5) is 22.1. The fourth-order valence-electron chi connectivity index (χ4n) is 1.55. The molecule has 1 aliphatic rings. The summed E-state index contributed by atoms with van der Waals surface area (Å²) in [6, 6.07) is -0.657. The van der Waals surface area contributed by atoms with E-state index in [0.29, 0.717) is 0 Å². The molecule has 0 bridgehead atoms. The smallest absolute Gasteiger partial charge is 0.408 e. The van der Waals surface area contributed by atoms with Crippen molar-refractivity contribution in [3.63, 3.8) is 0 Å². The Morgan fingerprint density at radius 1 is 1.39 bits per heavy atom. The molecule has 7 heteroatoms. The first-order chi connectivity index (χ1) is 8.19. The van der Waals surface area contributed by atoms with Gasteiger partial charge in [-0.3, -0.25) is 0 Å². The maximum atomic E-state index is 11.5. The van der Waals surface area contributed by atoms with Crippen LogP contribution in [0.1, 0.15) is 27.2 Å². The molecule has 0 spiro atoms. The van der Waals surface area contributed by atoms with Gasteiger partial charge in [-0.1, -0.05) is 0 Å². The van der Waals surface area contributed by atoms with Gasteiger partial charge in [-0.25, -0.2) is 9.59 Å². The molecule has 3 N–H and O–H groups in total. The molecule has 3 atom stereocenters. The van der Waals surface area contributed by atoms with E-state index in [1.165, 1.54) is 0 Å². The van der Waals surface area contributed by atoms with Crippen LogP contribution in [0.2, 0.25) is 0 Å². The SMILES string of the molecule is CC(C)(C)OC(=O)NC1COC(C(=O)O)CC1O. The van der Waals surface area contributed by atoms with Gasteiger partial charge >= 0.3 is 12.1 Å². The number of aliphatic hydroxyl groups is 1. The molecular weight excluding hydrogens is 242 g/mol. The van der Waals surface area contributed by atoms with E-state index in [4.69, 9.17) is 14.6 Å². The molecule has 104 valence electrons. The second-order valence-electron chi connectivity index (χ2n) is 5.22. The van der Waals surface area contributed by atoms with Gasteiger partial charge in [0, 0.05) is 6.42 Å². The van der Waals surface area contributed by atoms with Crippen LogP contribution < -0.4 is 5.32 Å². The summed E-state index contributed by atoms with van der Waals surface area (Å²) >= 11 is 0. The van der Waals surface area contributed by atoms with Gasteiger partial charge in [-0.05, 0) is 20.8 Å². The Bertz CT molecular complexity index is 324. The zero-order valence-corrected chi connectivity index (χ0v) is 10.7. The van der Waals surface area contributed by atoms with Crippen molar-refractivity contribution in [2.24, 2.45) is 0 Å². The zero-order chi connectivity index (χ0) is 13.9. The molecule has 1 heterocycles. The molecule has 0 radical (unpaired) electrons. The number of carboxylic acid groups (broad SMARTS) is 1. The van der Waals surface area contributed by atoms with Gasteiger partial charge in [0.25, 0.3) is 0 Å². The number of carbonyl (C=O) groups excluding carboxylic acids is 1. The number of ether oxygens (including phenoxy) is 2. The van der Waals surface area contributed by atoms with E-state index in [-0.39, 0.29) is 13.0 Å². The number of alkyl carbamates (subject to hydrolysis) is 1. The Morgan fingerprint density at radius 3 is 2.44 bits per heavy atom. The van der Waals surface area contributed by atoms with E-state index in [1.807, 2.05) is 0 Å². The fourth-order valence-corrected chi connectivity index (χ4v) is 1.55. The molecule has 0 aromatic rings. The first-order valence-electron chi connectivity index (χ1n) is 5.71. The van der Waals surface area contributed by atoms with E-state index < -0.39 is 35.9 Å². The molecule has 1 fully saturated rings. The predicted molar refractivity (Wildman–Crippen MR) is 61.2 cm³/mol. The number of carboxylic acids is 1. The van der Waals surface area contributed by atoms with Gasteiger partial charge in [0.05, 0.1) is 18.8 Å². The quantitative estimate of drug-likeness (QED) is 0.651. The van der Waals surface area contributed by atoms with Crippen molar-refractivity contribution in [2.45, 2.75) is 51.0 Å². The van der Waals surface area contributed by atoms with Crippen molar-refractivity contribution in [3.8, 4) is 0 Å². The van der Waals surface area contributed by atoms with Gasteiger partial charge < -0.3 is 25.0 Å². The topological polar surface area (TPSA) is 105 Å². The Kier molecular flexibility index (Phi) is 4.53. The summed E-state index contributed by atoms with van der Waals surface area (Å²) < 4.78 is 10.1. The van der Waals surface area contributed by atoms with Crippen molar-refractivity contribution in [2.75, 3.05) is 6.61 Å². The van der Waals surface area contributed by atoms with E-state index >= 15 is 0 Å². The van der Waals surface area contributed by atoms with Gasteiger partial charge in [0.2, 0.25) is 0 Å². The average Bonchev–Trinajstić information content (AvgIpc) is 2.17. The lowest BCUT2D eigenvalue weighted by Crippen LogP contribution is -2.53. The van der Waals surface area contributed by atoms with Gasteiger partial charge in [-0.15, -0.1) is 0 Å². The lowest BCUT2D eigenvalue weighted by Gasteiger charge is -2.32. The summed E-state index contributed by atoms with van der Waals surface area (Å²) in [6.45, 7) is 5.11. The molecule has 3 unspecified atom stereocenters. The first kappa shape index (κ1) is 14.7. The third-order valence-electron chi connectivity index (χ3n) is 2.37. The van der Waals surface area contributed by atoms with Crippen molar-refractivity contribution in [1.82, 2.24) is 5.32 Å². The van der Waals surface area contributed by atoms with Crippen molar-refractivity contribution in [3.05, 3.63) is 0 Å². The van der Waals surface area contributed by atoms with E-state index in [9.17, 15) is 14.7 Å². The number of carbonyl (C=O) groups is 2. The molecule has 0 aromatic carbocycles. The molecule has 0 saturated carbocycles. The van der Waals surface area contributed by atoms with E-state index in [0.717, 1.165) is 0 Å². The Labute approximate surface area is 105 Å². The highest BCUT2D eigenvalue weighted by molar-refractivity contribution is 5.72. The third-order valence-corrected chi connectivity index (χ3v) is 2.37. The normalized spacial score (nSPS) is 28.6. The molecule has 7 nitrogen and oxygen atoms in total. The van der Waals surface area contributed by atoms with Crippen LogP contribution in [0.4, 0.5) is 4.79 Å². The van der Waals surface area contributed by atoms with Gasteiger partial charge in [0.1, 0.15) is 5.60 Å². The Morgan fingerprint density at radius 2 is 2.00 bits per heavy atom. The van der Waals surface area contributed by atoms with Crippen LogP contribution in [0.3, 0.4) is 0 Å². The largest absolute Gasteiger partial charge is 0.479 e. The molecule has 1 amide bonds. The van der Waals surface area contributed by atoms with Crippen LogP contribution in [-0.2, 0) is 14.3 Å². The maximum Gasteiger partial charge on any atom is 0.408 e. The summed E-state index contributed by atoms with van der Waals surface area (Å²) in [5.41, 5.74) is -0.631. The highest BCUT2D eigenvalue weighted by Gasteiger charge is 2.35. The second-order valence-corrected chi connectivity index (χ2v) is 5.22. The Balaban J connectivity index is 2.45. The van der Waals surface area contributed by atoms with Crippen molar-refractivity contribution in [1.29, 1.82) is 0 Å². The van der Waals surface area contributed by atoms with Crippen LogP contribution in [0.5, 0.6) is 0 Å². The number of nitrogens with one attached hydrogen (secondary N) is 1. The second kappa shape index (κ2) is 5.53. The van der Waals surface area contributed by atoms with Crippen molar-refractivity contribution < 1.29 is 29.3 Å². The Hall–Kier alpha value is -1.34. The molecule has 1 aliphatic heterocycles. The number of hydrogen-bond acceptors (Lipinski definition) is 5. The van der Waals surface area contributed by atoms with Crippen LogP contribution >= 0.6 is 0 Å². The number of rotatable bonds is 2. The fraction of sp³-hybridized carbons (Fsp3) is 0.818. The summed E-state index contributed by atoms with van der Waals surface area (Å²) in [5, 5.41) is 20.9. The first-order valence-corrected chi connectivity index (χ1v) is 5.71. The van der Waals surface area contributed by atoms with E-state index in [2.05, 4.69) is 5.32 Å². The third kappa shape index (κ3) is 4.50. The number of hydrogen-bond donors (Lipinski definition) is 3. The molecule has 18 heavy (non-hydrogen) atoms. The summed E-state index contributed by atoms with van der Waals surface area (Å²) in [5.74, 6) is -1.12. The average molecular weight is 261 g/mol. The monoisotopic (exact) mass is 261 g/mol. The summed E-state index contributed by atoms with van der Waals surface area (Å²) in [7, 11) is 0. The predicted octanol–water partition coefficient (Wildman–Crippen LogP) is 0.114. The molecule has 1 saturated heterocycles. The number of aliphatic carboxylic acids is 1. The minimum atomic E-state index is -1.12. The summed E-state index contributed by atoms with van der Waals surface area (Å²) in [6.07, 6.45) is -2.72. The van der Waals surface area contributed by atoms with E-state index in [1.54, 1.807) is 20.8 Å². The van der Waals surface area contributed by atoms with Crippen LogP contribution in [-0.4, -0.2) is 52.7 Å². The van der Waals surface area contributed by atoms with Crippen LogP contribution in [0, 0.1) is 0 Å². The minimum absolute atomic E-state index is 0.0582. The van der Waals surface area contributed by atoms with Gasteiger partial charge in [-0.2, -0.15) is 0 Å². The lowest BCUT2D eigenvalue weighted by molar-refractivity contribution is -0.159. The highest BCUT2D eigenvalue weighted by Crippen LogP contribution is 2.15. The lowest BCUT2D eigenvalue weighted by atomic mass is 10.0. The molecular formula is C11H19NO6. The van der Waals surface area contributed by atoms with Crippen LogP contribution in [0.25, 0.3) is 0 Å². The molecule has 1 rings (SSSR count).